The van der Waals surface area contributed by atoms with Crippen molar-refractivity contribution in [1.29, 1.82) is 0 Å². The first-order valence-corrected chi connectivity index (χ1v) is 10.9. The molecule has 0 radical (unpaired) electrons. The van der Waals surface area contributed by atoms with Crippen LogP contribution in [0.2, 0.25) is 0 Å². The number of aromatic nitrogens is 2. The van der Waals surface area contributed by atoms with Crippen molar-refractivity contribution in [2.24, 2.45) is 5.92 Å². The first-order valence-electron chi connectivity index (χ1n) is 9.96. The molecule has 0 saturated carbocycles. The van der Waals surface area contributed by atoms with Crippen LogP contribution in [0.1, 0.15) is 24.3 Å². The zero-order valence-corrected chi connectivity index (χ0v) is 17.1. The molecule has 0 aliphatic carbocycles. The maximum atomic E-state index is 12.7. The van der Waals surface area contributed by atoms with Crippen molar-refractivity contribution in [2.75, 3.05) is 19.9 Å². The summed E-state index contributed by atoms with van der Waals surface area (Å²) < 4.78 is 16.1. The summed E-state index contributed by atoms with van der Waals surface area (Å²) in [6.07, 6.45) is 6.15. The largest absolute Gasteiger partial charge is 0.454 e. The summed E-state index contributed by atoms with van der Waals surface area (Å²) in [5.74, 6) is 3.04. The molecule has 1 unspecified atom stereocenters. The van der Waals surface area contributed by atoms with Crippen molar-refractivity contribution in [2.45, 2.75) is 19.3 Å². The lowest BCUT2D eigenvalue weighted by atomic mass is 9.94. The van der Waals surface area contributed by atoms with E-state index in [1.165, 1.54) is 0 Å². The van der Waals surface area contributed by atoms with Crippen LogP contribution in [-0.4, -0.2) is 40.8 Å². The van der Waals surface area contributed by atoms with Gasteiger partial charge in [0.05, 0.1) is 0 Å². The van der Waals surface area contributed by atoms with Gasteiger partial charge in [0.1, 0.15) is 0 Å². The van der Waals surface area contributed by atoms with Gasteiger partial charge in [0.15, 0.2) is 11.5 Å². The molecule has 0 N–H and O–H groups in total. The number of likely N-dealkylation sites (tertiary alicyclic amines) is 1. The Labute approximate surface area is 177 Å². The fourth-order valence-corrected chi connectivity index (χ4v) is 4.45. The van der Waals surface area contributed by atoms with E-state index < -0.39 is 0 Å². The molecular weight excluding hydrogens is 402 g/mol. The number of benzene rings is 1. The molecule has 2 aliphatic heterocycles. The number of hydrogen-bond acceptors (Lipinski definition) is 7. The summed E-state index contributed by atoms with van der Waals surface area (Å²) in [6.45, 7) is 1.71. The number of fused-ring (bicyclic) bond motifs is 1. The zero-order chi connectivity index (χ0) is 20.3. The molecule has 1 aromatic carbocycles. The highest BCUT2D eigenvalue weighted by Gasteiger charge is 2.24. The van der Waals surface area contributed by atoms with E-state index in [4.69, 9.17) is 14.0 Å². The van der Waals surface area contributed by atoms with Crippen LogP contribution in [0.4, 0.5) is 0 Å². The van der Waals surface area contributed by atoms with Crippen LogP contribution >= 0.6 is 11.3 Å². The highest BCUT2D eigenvalue weighted by atomic mass is 32.1. The Morgan fingerprint density at radius 2 is 2.20 bits per heavy atom. The Balaban J connectivity index is 1.19. The number of nitrogens with zero attached hydrogens (tertiary/aromatic N) is 3. The highest BCUT2D eigenvalue weighted by Crippen LogP contribution is 2.33. The number of ether oxygens (including phenoxy) is 2. The number of piperidine rings is 1. The van der Waals surface area contributed by atoms with Gasteiger partial charge in [-0.1, -0.05) is 11.2 Å². The fraction of sp³-hybridized carbons (Fsp3) is 0.318. The van der Waals surface area contributed by atoms with E-state index >= 15 is 0 Å². The molecule has 3 aromatic rings. The van der Waals surface area contributed by atoms with Crippen LogP contribution in [-0.2, 0) is 11.2 Å². The Morgan fingerprint density at radius 3 is 3.10 bits per heavy atom. The van der Waals surface area contributed by atoms with Crippen LogP contribution < -0.4 is 9.47 Å². The molecule has 1 amide bonds. The predicted octanol–water partition coefficient (Wildman–Crippen LogP) is 4.02. The van der Waals surface area contributed by atoms with E-state index in [9.17, 15) is 4.79 Å². The smallest absolute Gasteiger partial charge is 0.246 e. The topological polar surface area (TPSA) is 77.7 Å². The number of rotatable bonds is 5. The Morgan fingerprint density at radius 1 is 1.27 bits per heavy atom. The molecule has 8 heteroatoms. The van der Waals surface area contributed by atoms with Gasteiger partial charge >= 0.3 is 0 Å². The third-order valence-electron chi connectivity index (χ3n) is 5.36. The van der Waals surface area contributed by atoms with Gasteiger partial charge in [-0.15, -0.1) is 0 Å². The van der Waals surface area contributed by atoms with Crippen molar-refractivity contribution >= 4 is 23.3 Å². The molecular formula is C22H21N3O4S. The third-order valence-corrected chi connectivity index (χ3v) is 6.04. The second-order valence-electron chi connectivity index (χ2n) is 7.47. The Hall–Kier alpha value is -3.13. The third kappa shape index (κ3) is 4.09. The molecule has 30 heavy (non-hydrogen) atoms. The lowest BCUT2D eigenvalue weighted by molar-refractivity contribution is -0.127. The molecule has 2 aliphatic rings. The van der Waals surface area contributed by atoms with Crippen LogP contribution in [0.25, 0.3) is 17.5 Å². The van der Waals surface area contributed by atoms with E-state index in [-0.39, 0.29) is 12.7 Å². The summed E-state index contributed by atoms with van der Waals surface area (Å²) in [5, 5.41) is 8.07. The summed E-state index contributed by atoms with van der Waals surface area (Å²) >= 11 is 1.61. The fourth-order valence-electron chi connectivity index (χ4n) is 3.82. The second-order valence-corrected chi connectivity index (χ2v) is 8.25. The summed E-state index contributed by atoms with van der Waals surface area (Å²) in [7, 11) is 0. The average Bonchev–Trinajstić information content (AvgIpc) is 3.53. The number of carbonyl (C=O) groups excluding carboxylic acids is 1. The number of thiophene rings is 1. The average molecular weight is 423 g/mol. The molecule has 4 heterocycles. The summed E-state index contributed by atoms with van der Waals surface area (Å²) in [5.41, 5.74) is 1.89. The number of carbonyl (C=O) groups is 1. The van der Waals surface area contributed by atoms with Gasteiger partial charge in [0.25, 0.3) is 0 Å². The SMILES string of the molecule is O=C(/C=C\c1ccc2c(c1)OCO2)N1CCCC(Cc2nc(-c3ccsc3)no2)C1. The molecule has 1 atom stereocenters. The monoisotopic (exact) mass is 423 g/mol. The predicted molar refractivity (Wildman–Crippen MR) is 112 cm³/mol. The summed E-state index contributed by atoms with van der Waals surface area (Å²) in [6, 6.07) is 7.63. The maximum absolute atomic E-state index is 12.7. The number of amides is 1. The minimum absolute atomic E-state index is 0.0156. The van der Waals surface area contributed by atoms with Crippen LogP contribution in [0, 0.1) is 5.92 Å². The molecule has 154 valence electrons. The van der Waals surface area contributed by atoms with Crippen molar-refractivity contribution < 1.29 is 18.8 Å². The van der Waals surface area contributed by atoms with E-state index in [1.807, 2.05) is 46.0 Å². The highest BCUT2D eigenvalue weighted by molar-refractivity contribution is 7.08. The molecule has 7 nitrogen and oxygen atoms in total. The molecule has 0 spiro atoms. The van der Waals surface area contributed by atoms with Crippen LogP contribution in [0.5, 0.6) is 11.5 Å². The lowest BCUT2D eigenvalue weighted by Gasteiger charge is -2.31. The van der Waals surface area contributed by atoms with Gasteiger partial charge in [-0.05, 0) is 54.0 Å². The van der Waals surface area contributed by atoms with Gasteiger partial charge in [-0.25, -0.2) is 0 Å². The molecule has 2 aromatic heterocycles. The van der Waals surface area contributed by atoms with E-state index in [0.717, 1.165) is 36.3 Å². The first-order chi connectivity index (χ1) is 14.7. The molecule has 1 fully saturated rings. The lowest BCUT2D eigenvalue weighted by Crippen LogP contribution is -2.39. The van der Waals surface area contributed by atoms with Crippen molar-refractivity contribution in [3.8, 4) is 22.9 Å². The van der Waals surface area contributed by atoms with Crippen molar-refractivity contribution in [3.05, 3.63) is 52.6 Å². The normalized spacial score (nSPS) is 18.3. The maximum Gasteiger partial charge on any atom is 0.246 e. The Kier molecular flexibility index (Phi) is 5.23. The minimum Gasteiger partial charge on any atom is -0.454 e. The van der Waals surface area contributed by atoms with Gasteiger partial charge in [-0.3, -0.25) is 4.79 Å². The Bertz CT molecular complexity index is 1060. The molecule has 0 bridgehead atoms. The second kappa shape index (κ2) is 8.31. The number of hydrogen-bond donors (Lipinski definition) is 0. The van der Waals surface area contributed by atoms with Gasteiger partial charge < -0.3 is 18.9 Å². The van der Waals surface area contributed by atoms with Crippen LogP contribution in [0.15, 0.2) is 45.6 Å². The van der Waals surface area contributed by atoms with Crippen molar-refractivity contribution in [1.82, 2.24) is 15.0 Å². The van der Waals surface area contributed by atoms with Crippen LogP contribution in [0.3, 0.4) is 0 Å². The van der Waals surface area contributed by atoms with E-state index in [2.05, 4.69) is 10.1 Å². The zero-order valence-electron chi connectivity index (χ0n) is 16.3. The van der Waals surface area contributed by atoms with Gasteiger partial charge in [-0.2, -0.15) is 16.3 Å². The standard InChI is InChI=1S/C22H21N3O4S/c26-21(6-4-15-3-5-18-19(10-15)28-14-27-18)25-8-1-2-16(12-25)11-20-23-22(24-29-20)17-7-9-30-13-17/h3-7,9-10,13,16H,1-2,8,11-12,14H2/b6-4-. The quantitative estimate of drug-likeness (QED) is 0.577. The van der Waals surface area contributed by atoms with E-state index in [0.29, 0.717) is 36.3 Å². The van der Waals surface area contributed by atoms with Gasteiger partial charge in [0, 0.05) is 36.5 Å². The van der Waals surface area contributed by atoms with Crippen molar-refractivity contribution in [3.63, 3.8) is 0 Å². The molecule has 5 rings (SSSR count). The first kappa shape index (κ1) is 18.9. The molecule has 1 saturated heterocycles. The summed E-state index contributed by atoms with van der Waals surface area (Å²) in [4.78, 5) is 19.1. The van der Waals surface area contributed by atoms with E-state index in [1.54, 1.807) is 17.4 Å². The van der Waals surface area contributed by atoms with Gasteiger partial charge in [0.2, 0.25) is 24.4 Å². The minimum atomic E-state index is 0.0156.